The molecular formula is C16H18O3. The van der Waals surface area contributed by atoms with Crippen LogP contribution in [0.1, 0.15) is 30.4 Å². The molecule has 0 heterocycles. The Bertz CT molecular complexity index is 515. The topological polar surface area (TPSA) is 46.5 Å². The van der Waals surface area contributed by atoms with Gasteiger partial charge in [-0.2, -0.15) is 0 Å². The fourth-order valence-corrected chi connectivity index (χ4v) is 2.11. The fraction of sp³-hybridized carbons (Fsp3) is 0.312. The number of hydrogen-bond acceptors (Lipinski definition) is 2. The second-order valence-electron chi connectivity index (χ2n) is 4.73. The summed E-state index contributed by atoms with van der Waals surface area (Å²) in [7, 11) is 0. The molecule has 100 valence electrons. The van der Waals surface area contributed by atoms with Gasteiger partial charge in [0, 0.05) is 11.6 Å². The van der Waals surface area contributed by atoms with Crippen LogP contribution in [-0.2, 0) is 4.79 Å². The van der Waals surface area contributed by atoms with Gasteiger partial charge in [-0.15, -0.1) is 0 Å². The molecule has 0 radical (unpaired) electrons. The highest BCUT2D eigenvalue weighted by Crippen LogP contribution is 2.25. The van der Waals surface area contributed by atoms with Crippen molar-refractivity contribution >= 4 is 12.0 Å². The largest absolute Gasteiger partial charge is 0.486 e. The van der Waals surface area contributed by atoms with Gasteiger partial charge in [0.2, 0.25) is 0 Å². The van der Waals surface area contributed by atoms with Crippen molar-refractivity contribution in [3.8, 4) is 5.75 Å². The minimum absolute atomic E-state index is 0.0911. The number of aliphatic carboxylic acids is 1. The molecule has 1 aliphatic rings. The van der Waals surface area contributed by atoms with Crippen molar-refractivity contribution in [3.63, 3.8) is 0 Å². The number of ether oxygens (including phenoxy) is 1. The number of carbonyl (C=O) groups is 1. The molecule has 1 N–H and O–H groups in total. The van der Waals surface area contributed by atoms with Crippen LogP contribution < -0.4 is 4.74 Å². The van der Waals surface area contributed by atoms with Crippen molar-refractivity contribution in [1.29, 1.82) is 0 Å². The molecule has 1 aromatic rings. The van der Waals surface area contributed by atoms with Gasteiger partial charge in [0.05, 0.1) is 0 Å². The number of allylic oxidation sites excluding steroid dienone is 1. The van der Waals surface area contributed by atoms with Gasteiger partial charge in [-0.25, -0.2) is 4.79 Å². The summed E-state index contributed by atoms with van der Waals surface area (Å²) in [5, 5.41) is 8.72. The maximum atomic E-state index is 10.6. The summed E-state index contributed by atoms with van der Waals surface area (Å²) in [5.74, 6) is -0.218. The lowest BCUT2D eigenvalue weighted by atomic mass is 10.0. The Morgan fingerprint density at radius 3 is 3.00 bits per heavy atom. The zero-order valence-electron chi connectivity index (χ0n) is 11.0. The first-order chi connectivity index (χ1) is 9.15. The van der Waals surface area contributed by atoms with Crippen LogP contribution >= 0.6 is 0 Å². The van der Waals surface area contributed by atoms with Crippen molar-refractivity contribution in [2.75, 3.05) is 0 Å². The molecule has 2 rings (SSSR count). The zero-order valence-corrected chi connectivity index (χ0v) is 11.0. The minimum Gasteiger partial charge on any atom is -0.486 e. The van der Waals surface area contributed by atoms with Gasteiger partial charge < -0.3 is 9.84 Å². The quantitative estimate of drug-likeness (QED) is 0.663. The van der Waals surface area contributed by atoms with E-state index < -0.39 is 5.97 Å². The minimum atomic E-state index is -0.954. The molecule has 1 aromatic carbocycles. The first-order valence-electron chi connectivity index (χ1n) is 6.50. The molecule has 3 heteroatoms. The highest BCUT2D eigenvalue weighted by molar-refractivity contribution is 5.86. The molecule has 1 unspecified atom stereocenters. The highest BCUT2D eigenvalue weighted by atomic mass is 16.5. The van der Waals surface area contributed by atoms with Gasteiger partial charge in [-0.3, -0.25) is 0 Å². The molecule has 19 heavy (non-hydrogen) atoms. The fourth-order valence-electron chi connectivity index (χ4n) is 2.11. The lowest BCUT2D eigenvalue weighted by molar-refractivity contribution is -0.131. The lowest BCUT2D eigenvalue weighted by Crippen LogP contribution is -2.16. The third-order valence-corrected chi connectivity index (χ3v) is 3.06. The van der Waals surface area contributed by atoms with Crippen LogP contribution in [0.2, 0.25) is 0 Å². The number of hydrogen-bond donors (Lipinski definition) is 1. The maximum absolute atomic E-state index is 10.6. The first kappa shape index (κ1) is 13.4. The van der Waals surface area contributed by atoms with Gasteiger partial charge in [0.1, 0.15) is 11.9 Å². The summed E-state index contributed by atoms with van der Waals surface area (Å²) in [4.78, 5) is 10.6. The highest BCUT2D eigenvalue weighted by Gasteiger charge is 2.11. The molecule has 0 aliphatic heterocycles. The zero-order chi connectivity index (χ0) is 13.7. The molecule has 0 bridgehead atoms. The Labute approximate surface area is 113 Å². The van der Waals surface area contributed by atoms with Crippen molar-refractivity contribution in [1.82, 2.24) is 0 Å². The third kappa shape index (κ3) is 3.98. The summed E-state index contributed by atoms with van der Waals surface area (Å²) in [6.45, 7) is 1.97. The second-order valence-corrected chi connectivity index (χ2v) is 4.73. The van der Waals surface area contributed by atoms with Gasteiger partial charge in [-0.1, -0.05) is 17.7 Å². The third-order valence-electron chi connectivity index (χ3n) is 3.06. The summed E-state index contributed by atoms with van der Waals surface area (Å²) >= 11 is 0. The predicted octanol–water partition coefficient (Wildman–Crippen LogP) is 3.58. The van der Waals surface area contributed by atoms with Crippen LogP contribution in [0.25, 0.3) is 6.08 Å². The molecule has 0 amide bonds. The van der Waals surface area contributed by atoms with Crippen molar-refractivity contribution in [2.45, 2.75) is 32.3 Å². The number of rotatable bonds is 4. The summed E-state index contributed by atoms with van der Waals surface area (Å²) in [6, 6.07) is 5.81. The molecule has 1 aliphatic carbocycles. The van der Waals surface area contributed by atoms with Crippen LogP contribution in [0, 0.1) is 6.92 Å². The van der Waals surface area contributed by atoms with E-state index in [2.05, 4.69) is 12.2 Å². The van der Waals surface area contributed by atoms with E-state index in [1.807, 2.05) is 25.1 Å². The van der Waals surface area contributed by atoms with E-state index >= 15 is 0 Å². The van der Waals surface area contributed by atoms with E-state index in [1.165, 1.54) is 0 Å². The molecule has 3 nitrogen and oxygen atoms in total. The summed E-state index contributed by atoms with van der Waals surface area (Å²) in [5.41, 5.74) is 1.89. The number of benzene rings is 1. The van der Waals surface area contributed by atoms with Gasteiger partial charge in [-0.05, 0) is 50.5 Å². The Hall–Kier alpha value is -2.03. The van der Waals surface area contributed by atoms with Crippen LogP contribution in [0.3, 0.4) is 0 Å². The Morgan fingerprint density at radius 1 is 1.47 bits per heavy atom. The second kappa shape index (κ2) is 6.23. The monoisotopic (exact) mass is 258 g/mol. The van der Waals surface area contributed by atoms with Crippen LogP contribution in [0.15, 0.2) is 36.4 Å². The van der Waals surface area contributed by atoms with Crippen LogP contribution in [0.4, 0.5) is 0 Å². The molecule has 0 spiro atoms. The van der Waals surface area contributed by atoms with E-state index in [0.717, 1.165) is 42.2 Å². The Kier molecular flexibility index (Phi) is 4.39. The van der Waals surface area contributed by atoms with Gasteiger partial charge in [0.15, 0.2) is 0 Å². The first-order valence-corrected chi connectivity index (χ1v) is 6.50. The molecular weight excluding hydrogens is 240 g/mol. The molecule has 0 saturated carbocycles. The SMILES string of the molecule is Cc1ccc(OC2C=CCCC2)c(/C=C/C(=O)O)c1. The normalized spacial score (nSPS) is 18.7. The standard InChI is InChI=1S/C16H18O3/c1-12-7-9-15(13(11-12)8-10-16(17)18)19-14-5-3-2-4-6-14/h3,5,7-11,14H,2,4,6H2,1H3,(H,17,18)/b10-8+. The average molecular weight is 258 g/mol. The lowest BCUT2D eigenvalue weighted by Gasteiger charge is -2.20. The summed E-state index contributed by atoms with van der Waals surface area (Å²) < 4.78 is 5.94. The van der Waals surface area contributed by atoms with Crippen LogP contribution in [-0.4, -0.2) is 17.2 Å². The maximum Gasteiger partial charge on any atom is 0.328 e. The number of carboxylic acids is 1. The van der Waals surface area contributed by atoms with E-state index in [0.29, 0.717) is 0 Å². The molecule has 0 saturated heterocycles. The Morgan fingerprint density at radius 2 is 2.32 bits per heavy atom. The Balaban J connectivity index is 2.20. The van der Waals surface area contributed by atoms with Crippen molar-refractivity contribution < 1.29 is 14.6 Å². The molecule has 1 atom stereocenters. The number of aryl methyl sites for hydroxylation is 1. The van der Waals surface area contributed by atoms with Crippen molar-refractivity contribution in [2.24, 2.45) is 0 Å². The number of carboxylic acid groups (broad SMARTS) is 1. The molecule has 0 aromatic heterocycles. The summed E-state index contributed by atoms with van der Waals surface area (Å²) in [6.07, 6.45) is 10.3. The average Bonchev–Trinajstić information content (AvgIpc) is 2.40. The molecule has 0 fully saturated rings. The van der Waals surface area contributed by atoms with E-state index in [-0.39, 0.29) is 6.10 Å². The smallest absolute Gasteiger partial charge is 0.328 e. The van der Waals surface area contributed by atoms with Gasteiger partial charge >= 0.3 is 5.97 Å². The predicted molar refractivity (Wildman–Crippen MR) is 75.3 cm³/mol. The van der Waals surface area contributed by atoms with E-state index in [1.54, 1.807) is 6.08 Å². The van der Waals surface area contributed by atoms with E-state index in [9.17, 15) is 4.79 Å². The van der Waals surface area contributed by atoms with Crippen molar-refractivity contribution in [3.05, 3.63) is 47.6 Å². The van der Waals surface area contributed by atoms with Gasteiger partial charge in [0.25, 0.3) is 0 Å². The van der Waals surface area contributed by atoms with E-state index in [4.69, 9.17) is 9.84 Å². The van der Waals surface area contributed by atoms with Crippen LogP contribution in [0.5, 0.6) is 5.75 Å².